The van der Waals surface area contributed by atoms with E-state index in [0.717, 1.165) is 11.9 Å². The first-order valence-electron chi connectivity index (χ1n) is 13.8. The van der Waals surface area contributed by atoms with Crippen LogP contribution < -0.4 is 11.3 Å². The molecule has 5 aromatic heterocycles. The Hall–Kier alpha value is -5.74. The van der Waals surface area contributed by atoms with Crippen molar-refractivity contribution >= 4 is 28.5 Å². The number of hydrogen-bond acceptors (Lipinski definition) is 9. The lowest BCUT2D eigenvalue weighted by molar-refractivity contribution is 0.586. The average molecular weight is 673 g/mol. The predicted octanol–water partition coefficient (Wildman–Crippen LogP) is 5.56. The highest BCUT2D eigenvalue weighted by atomic mass is 32.1. The number of nitrogens with zero attached hydrogens (tertiary/aromatic N) is 7. The van der Waals surface area contributed by atoms with Crippen LogP contribution in [0.15, 0.2) is 93.4 Å². The minimum Gasteiger partial charge on any atom is -0.382 e. The molecule has 0 amide bonds. The molecule has 0 saturated carbocycles. The zero-order valence-corrected chi connectivity index (χ0v) is 25.8. The molecule has 0 saturated heterocycles. The Morgan fingerprint density at radius 1 is 0.766 bits per heavy atom. The largest absolute Gasteiger partial charge is 0.382 e. The Labute approximate surface area is 272 Å². The van der Waals surface area contributed by atoms with E-state index in [1.165, 1.54) is 34.8 Å². The summed E-state index contributed by atoms with van der Waals surface area (Å²) in [5.41, 5.74) is 12.4. The fourth-order valence-corrected chi connectivity index (χ4v) is 5.59. The maximum absolute atomic E-state index is 14.0. The summed E-state index contributed by atoms with van der Waals surface area (Å²) in [5.74, 6) is -1.61. The Balaban J connectivity index is 0.000000168. The number of nitrogens with one attached hydrogen (secondary N) is 2. The molecule has 0 radical (unpaired) electrons. The molecule has 5 heterocycles. The highest BCUT2D eigenvalue weighted by Gasteiger charge is 2.17. The molecule has 0 unspecified atom stereocenters. The summed E-state index contributed by atoms with van der Waals surface area (Å²) in [6.07, 6.45) is 0.840. The van der Waals surface area contributed by atoms with Crippen molar-refractivity contribution in [3.8, 4) is 34.3 Å². The number of nitrogen functional groups attached to an aromatic ring is 1. The van der Waals surface area contributed by atoms with Crippen LogP contribution >= 0.6 is 22.7 Å². The molecule has 7 aromatic rings. The van der Waals surface area contributed by atoms with Crippen molar-refractivity contribution < 1.29 is 13.2 Å². The van der Waals surface area contributed by atoms with E-state index in [2.05, 4.69) is 30.1 Å². The summed E-state index contributed by atoms with van der Waals surface area (Å²) in [5, 5.41) is 19.9. The van der Waals surface area contributed by atoms with Gasteiger partial charge in [0.05, 0.1) is 53.1 Å². The first-order valence-corrected chi connectivity index (χ1v) is 15.6. The lowest BCUT2D eigenvalue weighted by Crippen LogP contribution is -2.13. The number of thiazole rings is 2. The van der Waals surface area contributed by atoms with Crippen LogP contribution in [0.5, 0.6) is 0 Å². The van der Waals surface area contributed by atoms with Crippen LogP contribution in [0.25, 0.3) is 34.3 Å². The summed E-state index contributed by atoms with van der Waals surface area (Å²) in [4.78, 5) is 26.2. The lowest BCUT2D eigenvalue weighted by atomic mass is 10.2. The fraction of sp³-hybridized carbons (Fsp3) is 0.0645. The second-order valence-electron chi connectivity index (χ2n) is 9.90. The van der Waals surface area contributed by atoms with Crippen LogP contribution in [0, 0.1) is 22.9 Å². The van der Waals surface area contributed by atoms with Gasteiger partial charge in [0.2, 0.25) is 5.82 Å². The van der Waals surface area contributed by atoms with Crippen molar-refractivity contribution in [3.63, 3.8) is 0 Å². The summed E-state index contributed by atoms with van der Waals surface area (Å²) in [6.45, 7) is 0.428. The molecule has 0 aliphatic carbocycles. The van der Waals surface area contributed by atoms with Gasteiger partial charge in [-0.15, -0.1) is 22.7 Å². The maximum Gasteiger partial charge on any atom is 0.287 e. The van der Waals surface area contributed by atoms with Gasteiger partial charge in [-0.1, -0.05) is 36.4 Å². The minimum absolute atomic E-state index is 0.125. The molecule has 4 N–H and O–H groups in total. The molecular weight excluding hydrogens is 650 g/mol. The molecule has 0 fully saturated rings. The number of H-pyrrole nitrogens is 1. The third kappa shape index (κ3) is 7.08. The lowest BCUT2D eigenvalue weighted by Gasteiger charge is -2.06. The molecule has 11 nitrogen and oxygen atoms in total. The number of rotatable bonds is 8. The Kier molecular flexibility index (Phi) is 9.12. The second-order valence-corrected chi connectivity index (χ2v) is 11.3. The number of amidine groups is 1. The number of aromatic nitrogens is 8. The molecule has 47 heavy (non-hydrogen) atoms. The normalized spacial score (nSPS) is 10.9. The van der Waals surface area contributed by atoms with E-state index < -0.39 is 11.4 Å². The van der Waals surface area contributed by atoms with Crippen molar-refractivity contribution in [1.82, 2.24) is 39.5 Å². The molecule has 16 heteroatoms. The molecule has 2 aromatic carbocycles. The predicted molar refractivity (Wildman–Crippen MR) is 172 cm³/mol. The third-order valence-corrected chi connectivity index (χ3v) is 7.95. The number of nitrogens with two attached hydrogens (primary N) is 1. The fourth-order valence-electron chi connectivity index (χ4n) is 4.50. The van der Waals surface area contributed by atoms with E-state index >= 15 is 0 Å². The van der Waals surface area contributed by atoms with Gasteiger partial charge in [-0.2, -0.15) is 14.6 Å². The minimum atomic E-state index is -0.973. The first-order chi connectivity index (χ1) is 22.8. The zero-order valence-electron chi connectivity index (χ0n) is 24.1. The summed E-state index contributed by atoms with van der Waals surface area (Å²) < 4.78 is 44.2. The van der Waals surface area contributed by atoms with Gasteiger partial charge in [0.1, 0.15) is 28.9 Å². The molecular formula is C31H23F3N10OS2. The van der Waals surface area contributed by atoms with Gasteiger partial charge in [-0.05, 0) is 24.3 Å². The Morgan fingerprint density at radius 3 is 1.83 bits per heavy atom. The summed E-state index contributed by atoms with van der Waals surface area (Å²) in [7, 11) is 0. The molecule has 0 spiro atoms. The van der Waals surface area contributed by atoms with E-state index in [1.807, 2.05) is 10.8 Å². The highest BCUT2D eigenvalue weighted by Crippen LogP contribution is 2.26. The Bertz CT molecular complexity index is 2210. The van der Waals surface area contributed by atoms with E-state index in [1.54, 1.807) is 68.9 Å². The van der Waals surface area contributed by atoms with Crippen molar-refractivity contribution in [2.75, 3.05) is 0 Å². The number of benzene rings is 2. The molecule has 0 bridgehead atoms. The van der Waals surface area contributed by atoms with Gasteiger partial charge in [0.15, 0.2) is 5.82 Å². The van der Waals surface area contributed by atoms with Crippen molar-refractivity contribution in [2.24, 2.45) is 5.73 Å². The van der Waals surface area contributed by atoms with Gasteiger partial charge in [-0.25, -0.2) is 23.7 Å². The number of hydrogen-bond donors (Lipinski definition) is 3. The highest BCUT2D eigenvalue weighted by molar-refractivity contribution is 7.08. The third-order valence-electron chi connectivity index (χ3n) is 6.78. The summed E-state index contributed by atoms with van der Waals surface area (Å²) in [6, 6.07) is 16.3. The van der Waals surface area contributed by atoms with Crippen LogP contribution in [0.3, 0.4) is 0 Å². The van der Waals surface area contributed by atoms with Crippen molar-refractivity contribution in [1.29, 1.82) is 5.41 Å². The van der Waals surface area contributed by atoms with Crippen molar-refractivity contribution in [2.45, 2.75) is 13.1 Å². The van der Waals surface area contributed by atoms with Gasteiger partial charge in [-0.3, -0.25) is 19.6 Å². The smallest absolute Gasteiger partial charge is 0.287 e. The van der Waals surface area contributed by atoms with Gasteiger partial charge in [0.25, 0.3) is 5.56 Å². The van der Waals surface area contributed by atoms with Gasteiger partial charge >= 0.3 is 0 Å². The van der Waals surface area contributed by atoms with Gasteiger partial charge < -0.3 is 10.7 Å². The van der Waals surface area contributed by atoms with E-state index in [0.29, 0.717) is 39.6 Å². The van der Waals surface area contributed by atoms with E-state index in [4.69, 9.17) is 11.1 Å². The van der Waals surface area contributed by atoms with Crippen molar-refractivity contribution in [3.05, 3.63) is 133 Å². The molecule has 0 atom stereocenters. The quantitative estimate of drug-likeness (QED) is 0.141. The van der Waals surface area contributed by atoms with Crippen LogP contribution in [0.2, 0.25) is 0 Å². The standard InChI is InChI=1S/C17H11F2N5OS.C14H12FN5S/c18-11-4-2-1-3-10(11)7-24-15(14-8-26-9-21-14)5-13(23-24)16-20-6-12(19)17(25)22-16;15-10-4-2-1-3-9(10)6-20-13(12-7-21-8-18-12)5-11(19-20)14(16)17/h1-6,8-9H,7H2,(H,20,22,25);1-5,7-8H,6H2,(H3,16,17). The van der Waals surface area contributed by atoms with E-state index in [-0.39, 0.29) is 36.4 Å². The Morgan fingerprint density at radius 2 is 1.32 bits per heavy atom. The SMILES string of the molecule is N=C(N)c1cc(-c2cscn2)n(Cc2ccccc2F)n1.O=c1[nH]c(-c2cc(-c3cscn3)n(Cc3ccccc3F)n2)ncc1F. The van der Waals surface area contributed by atoms with Crippen LogP contribution in [-0.2, 0) is 13.1 Å². The van der Waals surface area contributed by atoms with Crippen LogP contribution in [-0.4, -0.2) is 45.3 Å². The van der Waals surface area contributed by atoms with Crippen LogP contribution in [0.1, 0.15) is 16.8 Å². The van der Waals surface area contributed by atoms with Gasteiger partial charge in [0, 0.05) is 21.9 Å². The maximum atomic E-state index is 14.0. The molecule has 7 rings (SSSR count). The zero-order chi connectivity index (χ0) is 32.9. The molecule has 236 valence electrons. The number of aromatic amines is 1. The molecule has 0 aliphatic heterocycles. The monoisotopic (exact) mass is 672 g/mol. The first kappa shape index (κ1) is 31.3. The second kappa shape index (κ2) is 13.7. The van der Waals surface area contributed by atoms with E-state index in [9.17, 15) is 18.0 Å². The average Bonchev–Trinajstić information content (AvgIpc) is 3.88. The van der Waals surface area contributed by atoms with Crippen LogP contribution in [0.4, 0.5) is 13.2 Å². The number of halogens is 3. The topological polar surface area (TPSA) is 157 Å². The summed E-state index contributed by atoms with van der Waals surface area (Å²) >= 11 is 2.87. The molecule has 0 aliphatic rings.